The highest BCUT2D eigenvalue weighted by atomic mass is 35.5. The smallest absolute Gasteiger partial charge is 0.246 e. The molecular weight excluding hydrogens is 364 g/mol. The van der Waals surface area contributed by atoms with Gasteiger partial charge < -0.3 is 9.64 Å². The first kappa shape index (κ1) is 18.5. The summed E-state index contributed by atoms with van der Waals surface area (Å²) in [6.07, 6.45) is 3.23. The number of halogens is 1. The van der Waals surface area contributed by atoms with Gasteiger partial charge in [0.25, 0.3) is 0 Å². The molecule has 0 radical (unpaired) electrons. The molecule has 2 heterocycles. The quantitative estimate of drug-likeness (QED) is 0.796. The predicted molar refractivity (Wildman–Crippen MR) is 95.3 cm³/mol. The molecule has 0 bridgehead atoms. The number of hydrogen-bond acceptors (Lipinski definition) is 4. The van der Waals surface area contributed by atoms with Crippen LogP contribution in [0.4, 0.5) is 0 Å². The number of hydrogen-bond donors (Lipinski definition) is 0. The number of carbonyl (C=O) groups excluding carboxylic acids is 1. The van der Waals surface area contributed by atoms with Gasteiger partial charge in [-0.3, -0.25) is 4.79 Å². The molecule has 2 aliphatic heterocycles. The van der Waals surface area contributed by atoms with E-state index in [0.717, 1.165) is 25.9 Å². The minimum Gasteiger partial charge on any atom is -0.495 e. The molecule has 2 saturated heterocycles. The van der Waals surface area contributed by atoms with Gasteiger partial charge >= 0.3 is 0 Å². The summed E-state index contributed by atoms with van der Waals surface area (Å²) in [4.78, 5) is 14.5. The van der Waals surface area contributed by atoms with Crippen molar-refractivity contribution in [1.29, 1.82) is 0 Å². The van der Waals surface area contributed by atoms with Gasteiger partial charge in [0.1, 0.15) is 10.6 Å². The molecule has 1 amide bonds. The van der Waals surface area contributed by atoms with Gasteiger partial charge in [-0.15, -0.1) is 0 Å². The molecule has 0 spiro atoms. The molecule has 1 aromatic rings. The van der Waals surface area contributed by atoms with Crippen molar-refractivity contribution in [3.8, 4) is 5.75 Å². The molecule has 0 aromatic heterocycles. The second-order valence-electron chi connectivity index (χ2n) is 6.51. The molecule has 2 fully saturated rings. The molecule has 0 saturated carbocycles. The fourth-order valence-corrected chi connectivity index (χ4v) is 5.42. The van der Waals surface area contributed by atoms with Crippen LogP contribution in [0.25, 0.3) is 0 Å². The average Bonchev–Trinajstić information content (AvgIpc) is 3.16. The fourth-order valence-electron chi connectivity index (χ4n) is 3.53. The summed E-state index contributed by atoms with van der Waals surface area (Å²) in [5, 5.41) is 0.346. The maximum Gasteiger partial charge on any atom is 0.246 e. The number of likely N-dealkylation sites (tertiary alicyclic amines) is 1. The van der Waals surface area contributed by atoms with Crippen molar-refractivity contribution in [3.63, 3.8) is 0 Å². The maximum absolute atomic E-state index is 12.9. The van der Waals surface area contributed by atoms with E-state index in [9.17, 15) is 13.2 Å². The first-order valence-electron chi connectivity index (χ1n) is 8.56. The van der Waals surface area contributed by atoms with Crippen LogP contribution in [0.5, 0.6) is 5.75 Å². The topological polar surface area (TPSA) is 66.9 Å². The number of carbonyl (C=O) groups is 1. The summed E-state index contributed by atoms with van der Waals surface area (Å²) in [5.74, 6) is 0.375. The van der Waals surface area contributed by atoms with E-state index in [-0.39, 0.29) is 22.5 Å². The van der Waals surface area contributed by atoms with Crippen molar-refractivity contribution >= 4 is 27.5 Å². The number of ether oxygens (including phenoxy) is 1. The molecule has 3 rings (SSSR count). The molecule has 2 aliphatic rings. The number of piperidine rings is 1. The van der Waals surface area contributed by atoms with Crippen molar-refractivity contribution in [2.24, 2.45) is 5.92 Å². The summed E-state index contributed by atoms with van der Waals surface area (Å²) in [6, 6.07) is 4.57. The van der Waals surface area contributed by atoms with Crippen molar-refractivity contribution < 1.29 is 17.9 Å². The molecule has 0 aliphatic carbocycles. The highest BCUT2D eigenvalue weighted by molar-refractivity contribution is 7.89. The number of nitrogens with zero attached hydrogens (tertiary/aromatic N) is 2. The number of rotatable bonds is 4. The molecule has 25 heavy (non-hydrogen) atoms. The summed E-state index contributed by atoms with van der Waals surface area (Å²) in [5.41, 5.74) is 0. The maximum atomic E-state index is 12.9. The SMILES string of the molecule is COc1ccc(Cl)cc1S(=O)(=O)N1CCC(C(=O)N2CCCC2)CC1. The van der Waals surface area contributed by atoms with Crippen LogP contribution in [-0.4, -0.2) is 56.8 Å². The zero-order chi connectivity index (χ0) is 18.0. The highest BCUT2D eigenvalue weighted by Crippen LogP contribution is 2.32. The van der Waals surface area contributed by atoms with E-state index in [1.54, 1.807) is 12.1 Å². The van der Waals surface area contributed by atoms with E-state index in [4.69, 9.17) is 16.3 Å². The second-order valence-corrected chi connectivity index (χ2v) is 8.85. The largest absolute Gasteiger partial charge is 0.495 e. The number of benzene rings is 1. The Morgan fingerprint density at radius 1 is 1.16 bits per heavy atom. The normalized spacial score (nSPS) is 20.0. The Hall–Kier alpha value is -1.31. The summed E-state index contributed by atoms with van der Waals surface area (Å²) in [6.45, 7) is 2.33. The Labute approximate surface area is 153 Å². The van der Waals surface area contributed by atoms with Crippen molar-refractivity contribution in [1.82, 2.24) is 9.21 Å². The zero-order valence-corrected chi connectivity index (χ0v) is 15.9. The summed E-state index contributed by atoms with van der Waals surface area (Å²) in [7, 11) is -2.26. The van der Waals surface area contributed by atoms with Crippen LogP contribution in [0.2, 0.25) is 5.02 Å². The van der Waals surface area contributed by atoms with E-state index in [1.807, 2.05) is 4.90 Å². The number of sulfonamides is 1. The molecule has 1 aromatic carbocycles. The molecule has 6 nitrogen and oxygen atoms in total. The van der Waals surface area contributed by atoms with Gasteiger partial charge in [0.15, 0.2) is 0 Å². The lowest BCUT2D eigenvalue weighted by molar-refractivity contribution is -0.135. The minimum atomic E-state index is -3.70. The van der Waals surface area contributed by atoms with Crippen LogP contribution in [0.1, 0.15) is 25.7 Å². The van der Waals surface area contributed by atoms with Gasteiger partial charge in [0, 0.05) is 37.1 Å². The third-order valence-electron chi connectivity index (χ3n) is 4.96. The van der Waals surface area contributed by atoms with Crippen LogP contribution in [0.15, 0.2) is 23.1 Å². The van der Waals surface area contributed by atoms with Gasteiger partial charge in [-0.2, -0.15) is 4.31 Å². The van der Waals surface area contributed by atoms with Crippen LogP contribution in [0.3, 0.4) is 0 Å². The Kier molecular flexibility index (Phi) is 5.55. The van der Waals surface area contributed by atoms with Gasteiger partial charge in [-0.05, 0) is 43.9 Å². The Balaban J connectivity index is 1.71. The summed E-state index contributed by atoms with van der Waals surface area (Å²) >= 11 is 5.97. The fraction of sp³-hybridized carbons (Fsp3) is 0.588. The monoisotopic (exact) mass is 386 g/mol. The van der Waals surface area contributed by atoms with Crippen LogP contribution < -0.4 is 4.74 Å². The lowest BCUT2D eigenvalue weighted by Gasteiger charge is -2.32. The van der Waals surface area contributed by atoms with Gasteiger partial charge in [-0.25, -0.2) is 8.42 Å². The van der Waals surface area contributed by atoms with E-state index in [2.05, 4.69) is 0 Å². The van der Waals surface area contributed by atoms with E-state index < -0.39 is 10.0 Å². The summed E-state index contributed by atoms with van der Waals surface area (Å²) < 4.78 is 32.5. The van der Waals surface area contributed by atoms with E-state index in [0.29, 0.717) is 31.0 Å². The predicted octanol–water partition coefficient (Wildman–Crippen LogP) is 2.37. The first-order valence-corrected chi connectivity index (χ1v) is 10.4. The highest BCUT2D eigenvalue weighted by Gasteiger charge is 2.35. The third kappa shape index (κ3) is 3.78. The average molecular weight is 387 g/mol. The number of amides is 1. The lowest BCUT2D eigenvalue weighted by atomic mass is 9.97. The molecular formula is C17H23ClN2O4S. The molecule has 8 heteroatoms. The third-order valence-corrected chi connectivity index (χ3v) is 7.12. The lowest BCUT2D eigenvalue weighted by Crippen LogP contribution is -2.43. The van der Waals surface area contributed by atoms with Crippen LogP contribution in [-0.2, 0) is 14.8 Å². The molecule has 0 unspecified atom stereocenters. The van der Waals surface area contributed by atoms with E-state index >= 15 is 0 Å². The Bertz CT molecular complexity index is 739. The molecule has 0 N–H and O–H groups in total. The standard InChI is InChI=1S/C17H23ClN2O4S/c1-24-15-5-4-14(18)12-16(15)25(22,23)20-10-6-13(7-11-20)17(21)19-8-2-3-9-19/h4-5,12-13H,2-3,6-11H2,1H3. The molecule has 138 valence electrons. The van der Waals surface area contributed by atoms with Crippen molar-refractivity contribution in [2.75, 3.05) is 33.3 Å². The van der Waals surface area contributed by atoms with Crippen molar-refractivity contribution in [3.05, 3.63) is 23.2 Å². The van der Waals surface area contributed by atoms with Crippen molar-refractivity contribution in [2.45, 2.75) is 30.6 Å². The van der Waals surface area contributed by atoms with E-state index in [1.165, 1.54) is 17.5 Å². The van der Waals surface area contributed by atoms with Crippen LogP contribution in [0, 0.1) is 5.92 Å². The second kappa shape index (κ2) is 7.51. The van der Waals surface area contributed by atoms with Gasteiger partial charge in [0.05, 0.1) is 7.11 Å². The number of methoxy groups -OCH3 is 1. The zero-order valence-electron chi connectivity index (χ0n) is 14.3. The van der Waals surface area contributed by atoms with Crippen LogP contribution >= 0.6 is 11.6 Å². The molecule has 0 atom stereocenters. The minimum absolute atomic E-state index is 0.0758. The first-order chi connectivity index (χ1) is 11.9. The Morgan fingerprint density at radius 3 is 2.40 bits per heavy atom. The Morgan fingerprint density at radius 2 is 1.80 bits per heavy atom. The van der Waals surface area contributed by atoms with Gasteiger partial charge in [-0.1, -0.05) is 11.6 Å². The van der Waals surface area contributed by atoms with Gasteiger partial charge in [0.2, 0.25) is 15.9 Å².